The minimum absolute atomic E-state index is 0.0707. The molecule has 0 aliphatic rings. The van der Waals surface area contributed by atoms with Crippen LogP contribution in [0.2, 0.25) is 0 Å². The van der Waals surface area contributed by atoms with Gasteiger partial charge in [-0.3, -0.25) is 0 Å². The molecule has 0 saturated heterocycles. The molecule has 0 spiro atoms. The molecule has 2 N–H and O–H groups in total. The predicted molar refractivity (Wildman–Crippen MR) is 80.8 cm³/mol. The molecule has 0 aliphatic carbocycles. The van der Waals surface area contributed by atoms with Gasteiger partial charge >= 0.3 is 0 Å². The maximum atomic E-state index is 10.3. The number of aliphatic hydroxyl groups is 1. The largest absolute Gasteiger partial charge is 0.507 e. The Morgan fingerprint density at radius 1 is 1.05 bits per heavy atom. The molecule has 0 amide bonds. The zero-order valence-corrected chi connectivity index (χ0v) is 13.2. The number of aryl methyl sites for hydroxylation is 2. The van der Waals surface area contributed by atoms with Crippen molar-refractivity contribution in [1.82, 2.24) is 0 Å². The lowest BCUT2D eigenvalue weighted by atomic mass is 9.83. The van der Waals surface area contributed by atoms with Crippen molar-refractivity contribution in [1.29, 1.82) is 0 Å². The lowest BCUT2D eigenvalue weighted by molar-refractivity contribution is 0.0714. The Morgan fingerprint density at radius 3 is 2.05 bits per heavy atom. The molecular weight excluding hydrogens is 236 g/mol. The second-order valence-corrected chi connectivity index (χ2v) is 7.07. The molecule has 108 valence electrons. The maximum Gasteiger partial charge on any atom is 0.122 e. The first kappa shape index (κ1) is 16.0. The normalized spacial score (nSPS) is 12.8. The van der Waals surface area contributed by atoms with Crippen molar-refractivity contribution in [2.45, 2.75) is 71.8 Å². The molecule has 0 unspecified atom stereocenters. The van der Waals surface area contributed by atoms with Crippen LogP contribution < -0.4 is 0 Å². The van der Waals surface area contributed by atoms with E-state index in [-0.39, 0.29) is 5.41 Å². The van der Waals surface area contributed by atoms with Gasteiger partial charge in [0.1, 0.15) is 5.75 Å². The molecule has 0 aliphatic heterocycles. The zero-order chi connectivity index (χ0) is 14.8. The molecule has 19 heavy (non-hydrogen) atoms. The van der Waals surface area contributed by atoms with Gasteiger partial charge in [0, 0.05) is 0 Å². The van der Waals surface area contributed by atoms with Crippen LogP contribution in [-0.4, -0.2) is 15.8 Å². The van der Waals surface area contributed by atoms with Gasteiger partial charge in [-0.2, -0.15) is 0 Å². The fourth-order valence-corrected chi connectivity index (χ4v) is 2.20. The molecular formula is C17H28O2. The number of aromatic hydroxyl groups is 1. The standard InChI is InChI=1S/C17H28O2/c1-7-13-10-12(8-9-17(5,6)19)11-14(15(13)18)16(2,3)4/h10-11,18-19H,7-9H2,1-6H3. The van der Waals surface area contributed by atoms with E-state index in [0.717, 1.165) is 30.4 Å². The minimum Gasteiger partial charge on any atom is -0.507 e. The van der Waals surface area contributed by atoms with Crippen molar-refractivity contribution in [2.24, 2.45) is 0 Å². The third-order valence-corrected chi connectivity index (χ3v) is 3.46. The molecule has 0 atom stereocenters. The summed E-state index contributed by atoms with van der Waals surface area (Å²) < 4.78 is 0. The smallest absolute Gasteiger partial charge is 0.122 e. The summed E-state index contributed by atoms with van der Waals surface area (Å²) in [4.78, 5) is 0. The number of phenols is 1. The van der Waals surface area contributed by atoms with Crippen LogP contribution >= 0.6 is 0 Å². The van der Waals surface area contributed by atoms with Crippen LogP contribution in [0.3, 0.4) is 0 Å². The predicted octanol–water partition coefficient (Wildman–Crippen LogP) is 3.96. The summed E-state index contributed by atoms with van der Waals surface area (Å²) in [6.07, 6.45) is 2.38. The highest BCUT2D eigenvalue weighted by Gasteiger charge is 2.21. The maximum absolute atomic E-state index is 10.3. The first-order valence-electron chi connectivity index (χ1n) is 7.12. The molecule has 0 radical (unpaired) electrons. The summed E-state index contributed by atoms with van der Waals surface area (Å²) in [7, 11) is 0. The van der Waals surface area contributed by atoms with Gasteiger partial charge < -0.3 is 10.2 Å². The Balaban J connectivity index is 3.14. The summed E-state index contributed by atoms with van der Waals surface area (Å²) in [5.74, 6) is 0.432. The Morgan fingerprint density at radius 2 is 1.63 bits per heavy atom. The van der Waals surface area contributed by atoms with E-state index in [4.69, 9.17) is 0 Å². The molecule has 0 heterocycles. The number of phenolic OH excluding ortho intramolecular Hbond substituents is 1. The third-order valence-electron chi connectivity index (χ3n) is 3.46. The summed E-state index contributed by atoms with van der Waals surface area (Å²) in [5, 5.41) is 20.2. The highest BCUT2D eigenvalue weighted by Crippen LogP contribution is 2.35. The van der Waals surface area contributed by atoms with E-state index in [2.05, 4.69) is 39.8 Å². The minimum atomic E-state index is -0.647. The molecule has 1 aromatic carbocycles. The first-order chi connectivity index (χ1) is 8.54. The van der Waals surface area contributed by atoms with Gasteiger partial charge in [0.2, 0.25) is 0 Å². The second kappa shape index (κ2) is 5.54. The van der Waals surface area contributed by atoms with Crippen molar-refractivity contribution in [3.63, 3.8) is 0 Å². The van der Waals surface area contributed by atoms with Crippen molar-refractivity contribution < 1.29 is 10.2 Å². The van der Waals surface area contributed by atoms with E-state index in [0.29, 0.717) is 5.75 Å². The molecule has 2 heteroatoms. The van der Waals surface area contributed by atoms with Gasteiger partial charge in [0.05, 0.1) is 5.60 Å². The summed E-state index contributed by atoms with van der Waals surface area (Å²) in [6, 6.07) is 4.15. The van der Waals surface area contributed by atoms with E-state index >= 15 is 0 Å². The zero-order valence-electron chi connectivity index (χ0n) is 13.2. The van der Waals surface area contributed by atoms with Crippen molar-refractivity contribution in [3.05, 3.63) is 28.8 Å². The van der Waals surface area contributed by atoms with E-state index in [1.165, 1.54) is 5.56 Å². The highest BCUT2D eigenvalue weighted by molar-refractivity contribution is 5.47. The van der Waals surface area contributed by atoms with E-state index in [1.54, 1.807) is 0 Å². The quantitative estimate of drug-likeness (QED) is 0.864. The molecule has 0 aromatic heterocycles. The van der Waals surface area contributed by atoms with Crippen LogP contribution in [0.5, 0.6) is 5.75 Å². The number of rotatable bonds is 4. The number of benzene rings is 1. The third kappa shape index (κ3) is 4.54. The van der Waals surface area contributed by atoms with Crippen LogP contribution in [0.1, 0.15) is 64.7 Å². The van der Waals surface area contributed by atoms with E-state index in [1.807, 2.05) is 13.8 Å². The van der Waals surface area contributed by atoms with Gasteiger partial charge in [-0.1, -0.05) is 39.8 Å². The van der Waals surface area contributed by atoms with E-state index < -0.39 is 5.60 Å². The first-order valence-corrected chi connectivity index (χ1v) is 7.12. The summed E-state index contributed by atoms with van der Waals surface area (Å²) >= 11 is 0. The Kier molecular flexibility index (Phi) is 4.67. The van der Waals surface area contributed by atoms with Gasteiger partial charge in [0.25, 0.3) is 0 Å². The second-order valence-electron chi connectivity index (χ2n) is 7.07. The van der Waals surface area contributed by atoms with Crippen LogP contribution in [0.15, 0.2) is 12.1 Å². The van der Waals surface area contributed by atoms with Crippen LogP contribution in [0, 0.1) is 0 Å². The van der Waals surface area contributed by atoms with Crippen molar-refractivity contribution in [2.75, 3.05) is 0 Å². The number of hydrogen-bond acceptors (Lipinski definition) is 2. The van der Waals surface area contributed by atoms with Crippen molar-refractivity contribution >= 4 is 0 Å². The van der Waals surface area contributed by atoms with Crippen LogP contribution in [0.25, 0.3) is 0 Å². The van der Waals surface area contributed by atoms with Gasteiger partial charge in [-0.15, -0.1) is 0 Å². The Labute approximate surface area is 117 Å². The monoisotopic (exact) mass is 264 g/mol. The van der Waals surface area contributed by atoms with E-state index in [9.17, 15) is 10.2 Å². The summed E-state index contributed by atoms with van der Waals surface area (Å²) in [5.41, 5.74) is 2.47. The average Bonchev–Trinajstić information content (AvgIpc) is 2.25. The van der Waals surface area contributed by atoms with Crippen molar-refractivity contribution in [3.8, 4) is 5.75 Å². The highest BCUT2D eigenvalue weighted by atomic mass is 16.3. The van der Waals surface area contributed by atoms with Crippen LogP contribution in [0.4, 0.5) is 0 Å². The molecule has 0 fully saturated rings. The van der Waals surface area contributed by atoms with Gasteiger partial charge in [-0.05, 0) is 55.2 Å². The average molecular weight is 264 g/mol. The topological polar surface area (TPSA) is 40.5 Å². The summed E-state index contributed by atoms with van der Waals surface area (Å²) in [6.45, 7) is 12.1. The molecule has 0 bridgehead atoms. The SMILES string of the molecule is CCc1cc(CCC(C)(C)O)cc(C(C)(C)C)c1O. The number of hydrogen-bond donors (Lipinski definition) is 2. The molecule has 1 rings (SSSR count). The Hall–Kier alpha value is -1.02. The Bertz CT molecular complexity index is 434. The lowest BCUT2D eigenvalue weighted by Gasteiger charge is -2.24. The van der Waals surface area contributed by atoms with Gasteiger partial charge in [-0.25, -0.2) is 0 Å². The molecule has 2 nitrogen and oxygen atoms in total. The molecule has 0 saturated carbocycles. The fourth-order valence-electron chi connectivity index (χ4n) is 2.20. The van der Waals surface area contributed by atoms with Gasteiger partial charge in [0.15, 0.2) is 0 Å². The molecule has 1 aromatic rings. The fraction of sp³-hybridized carbons (Fsp3) is 0.647. The van der Waals surface area contributed by atoms with Crippen LogP contribution in [-0.2, 0) is 18.3 Å². The lowest BCUT2D eigenvalue weighted by Crippen LogP contribution is -2.19.